The van der Waals surface area contributed by atoms with Crippen molar-refractivity contribution in [2.24, 2.45) is 5.73 Å². The Bertz CT molecular complexity index is 469. The molecule has 1 unspecified atom stereocenters. The first-order valence-electron chi connectivity index (χ1n) is 6.57. The highest BCUT2D eigenvalue weighted by molar-refractivity contribution is 7.98. The van der Waals surface area contributed by atoms with Gasteiger partial charge in [-0.1, -0.05) is 43.0 Å². The van der Waals surface area contributed by atoms with Gasteiger partial charge in [0.25, 0.3) is 5.91 Å². The first-order valence-corrected chi connectivity index (χ1v) is 8.55. The van der Waals surface area contributed by atoms with E-state index >= 15 is 0 Å². The molecule has 1 atom stereocenters. The third-order valence-electron chi connectivity index (χ3n) is 3.01. The molecule has 0 aliphatic carbocycles. The maximum atomic E-state index is 12.3. The molecular formula is C14H20Cl2N2OS. The van der Waals surface area contributed by atoms with Crippen LogP contribution >= 0.6 is 35.0 Å². The summed E-state index contributed by atoms with van der Waals surface area (Å²) >= 11 is 13.6. The Labute approximate surface area is 134 Å². The molecular weight excluding hydrogens is 315 g/mol. The molecule has 0 bridgehead atoms. The van der Waals surface area contributed by atoms with Gasteiger partial charge in [-0.2, -0.15) is 0 Å². The summed E-state index contributed by atoms with van der Waals surface area (Å²) < 4.78 is 0. The largest absolute Gasteiger partial charge is 0.348 e. The van der Waals surface area contributed by atoms with Crippen LogP contribution in [0.2, 0.25) is 10.0 Å². The van der Waals surface area contributed by atoms with E-state index in [4.69, 9.17) is 28.9 Å². The van der Waals surface area contributed by atoms with Crippen LogP contribution < -0.4 is 11.1 Å². The van der Waals surface area contributed by atoms with Crippen LogP contribution in [0.1, 0.15) is 36.5 Å². The fourth-order valence-electron chi connectivity index (χ4n) is 1.82. The Morgan fingerprint density at radius 2 is 2.10 bits per heavy atom. The molecule has 0 spiro atoms. The lowest BCUT2D eigenvalue weighted by Crippen LogP contribution is -2.40. The average molecular weight is 335 g/mol. The first-order chi connectivity index (χ1) is 9.53. The second kappa shape index (κ2) is 8.78. The fraction of sp³-hybridized carbons (Fsp3) is 0.500. The summed E-state index contributed by atoms with van der Waals surface area (Å²) in [5.74, 6) is -0.200. The highest BCUT2D eigenvalue weighted by atomic mass is 35.5. The smallest absolute Gasteiger partial charge is 0.253 e. The van der Waals surface area contributed by atoms with E-state index in [1.54, 1.807) is 12.1 Å². The summed E-state index contributed by atoms with van der Waals surface area (Å²) in [6, 6.07) is 3.30. The maximum absolute atomic E-state index is 12.3. The fourth-order valence-corrected chi connectivity index (χ4v) is 3.01. The zero-order valence-corrected chi connectivity index (χ0v) is 14.0. The van der Waals surface area contributed by atoms with Gasteiger partial charge in [0.2, 0.25) is 0 Å². The van der Waals surface area contributed by atoms with Gasteiger partial charge in [-0.25, -0.2) is 0 Å². The van der Waals surface area contributed by atoms with E-state index in [0.29, 0.717) is 22.2 Å². The number of carbonyl (C=O) groups excluding carboxylic acids is 1. The number of amides is 1. The average Bonchev–Trinajstić information content (AvgIpc) is 2.43. The molecule has 3 nitrogen and oxygen atoms in total. The number of nitrogens with two attached hydrogens (primary N) is 1. The van der Waals surface area contributed by atoms with Gasteiger partial charge in [0.1, 0.15) is 0 Å². The molecule has 0 fully saturated rings. The van der Waals surface area contributed by atoms with Crippen LogP contribution in [0.3, 0.4) is 0 Å². The standard InChI is InChI=1S/C14H20Cl2N2OS/c1-3-4-5-9(8-17)18-14(19)10-6-13(20-2)12(16)7-11(10)15/h6-7,9H,3-5,8,17H2,1-2H3,(H,18,19). The van der Waals surface area contributed by atoms with Crippen LogP contribution in [-0.2, 0) is 0 Å². The van der Waals surface area contributed by atoms with E-state index in [1.807, 2.05) is 6.26 Å². The van der Waals surface area contributed by atoms with Gasteiger partial charge in [-0.15, -0.1) is 11.8 Å². The van der Waals surface area contributed by atoms with Crippen molar-refractivity contribution in [3.8, 4) is 0 Å². The molecule has 0 radical (unpaired) electrons. The zero-order chi connectivity index (χ0) is 15.1. The summed E-state index contributed by atoms with van der Waals surface area (Å²) in [6.07, 6.45) is 4.89. The molecule has 0 heterocycles. The van der Waals surface area contributed by atoms with E-state index in [-0.39, 0.29) is 11.9 Å². The number of halogens is 2. The van der Waals surface area contributed by atoms with E-state index in [9.17, 15) is 4.79 Å². The summed E-state index contributed by atoms with van der Waals surface area (Å²) in [7, 11) is 0. The summed E-state index contributed by atoms with van der Waals surface area (Å²) in [5.41, 5.74) is 6.13. The van der Waals surface area contributed by atoms with Gasteiger partial charge in [0.05, 0.1) is 15.6 Å². The van der Waals surface area contributed by atoms with Crippen molar-refractivity contribution in [1.82, 2.24) is 5.32 Å². The van der Waals surface area contributed by atoms with Gasteiger partial charge < -0.3 is 11.1 Å². The Balaban J connectivity index is 2.85. The lowest BCUT2D eigenvalue weighted by molar-refractivity contribution is 0.0935. The van der Waals surface area contributed by atoms with E-state index in [0.717, 1.165) is 24.2 Å². The van der Waals surface area contributed by atoms with Gasteiger partial charge in [0, 0.05) is 17.5 Å². The van der Waals surface area contributed by atoms with E-state index in [1.165, 1.54) is 11.8 Å². The van der Waals surface area contributed by atoms with Crippen LogP contribution in [0.4, 0.5) is 0 Å². The van der Waals surface area contributed by atoms with Gasteiger partial charge >= 0.3 is 0 Å². The Kier molecular flexibility index (Phi) is 7.74. The van der Waals surface area contributed by atoms with Crippen molar-refractivity contribution >= 4 is 40.9 Å². The molecule has 1 rings (SSSR count). The Morgan fingerprint density at radius 1 is 1.40 bits per heavy atom. The Morgan fingerprint density at radius 3 is 2.65 bits per heavy atom. The lowest BCUT2D eigenvalue weighted by Gasteiger charge is -2.17. The number of hydrogen-bond donors (Lipinski definition) is 2. The third-order valence-corrected chi connectivity index (χ3v) is 4.53. The number of thioether (sulfide) groups is 1. The van der Waals surface area contributed by atoms with Crippen molar-refractivity contribution in [2.75, 3.05) is 12.8 Å². The van der Waals surface area contributed by atoms with Crippen molar-refractivity contribution in [2.45, 2.75) is 37.1 Å². The third kappa shape index (κ3) is 4.85. The normalized spacial score (nSPS) is 12.2. The highest BCUT2D eigenvalue weighted by Gasteiger charge is 2.16. The summed E-state index contributed by atoms with van der Waals surface area (Å²) in [6.45, 7) is 2.53. The maximum Gasteiger partial charge on any atom is 0.253 e. The minimum Gasteiger partial charge on any atom is -0.348 e. The molecule has 20 heavy (non-hydrogen) atoms. The van der Waals surface area contributed by atoms with E-state index < -0.39 is 0 Å². The SMILES string of the molecule is CCCCC(CN)NC(=O)c1cc(SC)c(Cl)cc1Cl. The second-order valence-electron chi connectivity index (χ2n) is 4.51. The van der Waals surface area contributed by atoms with Crippen LogP contribution in [0.15, 0.2) is 17.0 Å². The first kappa shape index (κ1) is 17.6. The molecule has 112 valence electrons. The van der Waals surface area contributed by atoms with Gasteiger partial charge in [0.15, 0.2) is 0 Å². The molecule has 0 aliphatic heterocycles. The molecule has 3 N–H and O–H groups in total. The van der Waals surface area contributed by atoms with Crippen LogP contribution in [-0.4, -0.2) is 24.7 Å². The monoisotopic (exact) mass is 334 g/mol. The molecule has 0 saturated heterocycles. The summed E-state index contributed by atoms with van der Waals surface area (Å²) in [5, 5.41) is 3.84. The quantitative estimate of drug-likeness (QED) is 0.742. The molecule has 1 aromatic rings. The van der Waals surface area contributed by atoms with Gasteiger partial charge in [-0.05, 0) is 24.8 Å². The number of nitrogens with one attached hydrogen (secondary N) is 1. The number of carbonyl (C=O) groups is 1. The van der Waals surface area contributed by atoms with Crippen molar-refractivity contribution < 1.29 is 4.79 Å². The van der Waals surface area contributed by atoms with Crippen LogP contribution in [0.25, 0.3) is 0 Å². The number of benzene rings is 1. The molecule has 6 heteroatoms. The van der Waals surface area contributed by atoms with Crippen molar-refractivity contribution in [1.29, 1.82) is 0 Å². The molecule has 0 aromatic heterocycles. The van der Waals surface area contributed by atoms with Gasteiger partial charge in [-0.3, -0.25) is 4.79 Å². The number of rotatable bonds is 7. The minimum atomic E-state index is -0.200. The zero-order valence-electron chi connectivity index (χ0n) is 11.7. The van der Waals surface area contributed by atoms with Crippen molar-refractivity contribution in [3.63, 3.8) is 0 Å². The van der Waals surface area contributed by atoms with Crippen LogP contribution in [0, 0.1) is 0 Å². The molecule has 0 saturated carbocycles. The van der Waals surface area contributed by atoms with Crippen LogP contribution in [0.5, 0.6) is 0 Å². The molecule has 0 aliphatic rings. The van der Waals surface area contributed by atoms with E-state index in [2.05, 4.69) is 12.2 Å². The second-order valence-corrected chi connectivity index (χ2v) is 6.18. The predicted molar refractivity (Wildman–Crippen MR) is 88.1 cm³/mol. The highest BCUT2D eigenvalue weighted by Crippen LogP contribution is 2.31. The minimum absolute atomic E-state index is 0.0214. The topological polar surface area (TPSA) is 55.1 Å². The lowest BCUT2D eigenvalue weighted by atomic mass is 10.1. The molecule has 1 amide bonds. The predicted octanol–water partition coefficient (Wildman–Crippen LogP) is 3.96. The number of hydrogen-bond acceptors (Lipinski definition) is 3. The number of unbranched alkanes of at least 4 members (excludes halogenated alkanes) is 1. The molecule has 1 aromatic carbocycles. The van der Waals surface area contributed by atoms with Crippen molar-refractivity contribution in [3.05, 3.63) is 27.7 Å². The summed E-state index contributed by atoms with van der Waals surface area (Å²) in [4.78, 5) is 13.1. The Hall–Kier alpha value is -0.420.